The lowest BCUT2D eigenvalue weighted by molar-refractivity contribution is 0.0774. The minimum Gasteiger partial charge on any atom is -0.454 e. The SMILES string of the molecule is C/C(=C\c1ccccc1)CN(C)C(=O)c1ccc(C(C)Cl)o1. The van der Waals surface area contributed by atoms with Gasteiger partial charge in [0.1, 0.15) is 5.76 Å². The number of amides is 1. The highest BCUT2D eigenvalue weighted by molar-refractivity contribution is 6.20. The highest BCUT2D eigenvalue weighted by atomic mass is 35.5. The Balaban J connectivity index is 2.03. The second-order valence-corrected chi connectivity index (χ2v) is 6.04. The molecule has 0 radical (unpaired) electrons. The number of nitrogens with zero attached hydrogens (tertiary/aromatic N) is 1. The fourth-order valence-electron chi connectivity index (χ4n) is 2.20. The number of halogens is 1. The Morgan fingerprint density at radius 2 is 1.95 bits per heavy atom. The molecule has 116 valence electrons. The van der Waals surface area contributed by atoms with Crippen molar-refractivity contribution in [2.45, 2.75) is 19.2 Å². The maximum Gasteiger partial charge on any atom is 0.289 e. The van der Waals surface area contributed by atoms with Gasteiger partial charge < -0.3 is 9.32 Å². The maximum atomic E-state index is 12.3. The summed E-state index contributed by atoms with van der Waals surface area (Å²) in [5, 5.41) is -0.244. The summed E-state index contributed by atoms with van der Waals surface area (Å²) in [5.74, 6) is 0.775. The van der Waals surface area contributed by atoms with E-state index in [0.29, 0.717) is 18.1 Å². The van der Waals surface area contributed by atoms with Crippen molar-refractivity contribution in [2.75, 3.05) is 13.6 Å². The summed E-state index contributed by atoms with van der Waals surface area (Å²) in [6.07, 6.45) is 2.07. The first kappa shape index (κ1) is 16.4. The second kappa shape index (κ2) is 7.32. The molecule has 0 aliphatic heterocycles. The summed E-state index contributed by atoms with van der Waals surface area (Å²) in [6, 6.07) is 13.4. The minimum absolute atomic E-state index is 0.149. The van der Waals surface area contributed by atoms with Gasteiger partial charge in [0.05, 0.1) is 5.38 Å². The molecule has 1 aromatic carbocycles. The molecule has 0 aliphatic carbocycles. The van der Waals surface area contributed by atoms with Crippen molar-refractivity contribution in [3.8, 4) is 0 Å². The highest BCUT2D eigenvalue weighted by Crippen LogP contribution is 2.22. The van der Waals surface area contributed by atoms with Crippen LogP contribution >= 0.6 is 11.6 Å². The van der Waals surface area contributed by atoms with Crippen LogP contribution in [-0.4, -0.2) is 24.4 Å². The first-order valence-electron chi connectivity index (χ1n) is 7.19. The van der Waals surface area contributed by atoms with E-state index in [2.05, 4.69) is 6.08 Å². The van der Waals surface area contributed by atoms with Gasteiger partial charge in [-0.1, -0.05) is 42.0 Å². The predicted molar refractivity (Wildman–Crippen MR) is 90.0 cm³/mol. The van der Waals surface area contributed by atoms with Gasteiger partial charge in [-0.25, -0.2) is 0 Å². The topological polar surface area (TPSA) is 33.5 Å². The normalized spacial score (nSPS) is 13.0. The largest absolute Gasteiger partial charge is 0.454 e. The molecule has 0 aliphatic rings. The van der Waals surface area contributed by atoms with E-state index in [1.54, 1.807) is 24.1 Å². The van der Waals surface area contributed by atoms with Crippen LogP contribution in [0, 0.1) is 0 Å². The molecule has 1 aromatic heterocycles. The van der Waals surface area contributed by atoms with Crippen LogP contribution in [0.25, 0.3) is 6.08 Å². The van der Waals surface area contributed by atoms with Crippen molar-refractivity contribution in [3.63, 3.8) is 0 Å². The third-order valence-corrected chi connectivity index (χ3v) is 3.49. The maximum absolute atomic E-state index is 12.3. The first-order chi connectivity index (χ1) is 10.5. The Morgan fingerprint density at radius 3 is 2.55 bits per heavy atom. The number of furan rings is 1. The van der Waals surface area contributed by atoms with Gasteiger partial charge in [-0.3, -0.25) is 4.79 Å². The molecule has 1 amide bonds. The van der Waals surface area contributed by atoms with Gasteiger partial charge in [-0.15, -0.1) is 11.6 Å². The number of rotatable bonds is 5. The van der Waals surface area contributed by atoms with Crippen LogP contribution in [0.1, 0.15) is 41.1 Å². The van der Waals surface area contributed by atoms with Crippen molar-refractivity contribution in [2.24, 2.45) is 0 Å². The first-order valence-corrected chi connectivity index (χ1v) is 7.62. The third kappa shape index (κ3) is 4.25. The Morgan fingerprint density at radius 1 is 1.27 bits per heavy atom. The average Bonchev–Trinajstić information content (AvgIpc) is 2.97. The molecule has 4 heteroatoms. The minimum atomic E-state index is -0.244. The van der Waals surface area contributed by atoms with Crippen molar-refractivity contribution in [1.29, 1.82) is 0 Å². The van der Waals surface area contributed by atoms with E-state index in [-0.39, 0.29) is 11.3 Å². The summed E-state index contributed by atoms with van der Waals surface area (Å²) < 4.78 is 5.49. The van der Waals surface area contributed by atoms with Gasteiger partial charge in [0.2, 0.25) is 0 Å². The van der Waals surface area contributed by atoms with Gasteiger partial charge in [0.15, 0.2) is 5.76 Å². The van der Waals surface area contributed by atoms with E-state index in [9.17, 15) is 4.79 Å². The van der Waals surface area contributed by atoms with E-state index in [4.69, 9.17) is 16.0 Å². The number of likely N-dealkylation sites (N-methyl/N-ethyl adjacent to an activating group) is 1. The Kier molecular flexibility index (Phi) is 5.45. The molecule has 1 unspecified atom stereocenters. The molecule has 1 heterocycles. The molecule has 0 spiro atoms. The van der Waals surface area contributed by atoms with Gasteiger partial charge in [-0.05, 0) is 31.5 Å². The van der Waals surface area contributed by atoms with E-state index in [1.807, 2.05) is 44.2 Å². The summed E-state index contributed by atoms with van der Waals surface area (Å²) in [4.78, 5) is 14.0. The Hall–Kier alpha value is -2.00. The monoisotopic (exact) mass is 317 g/mol. The lowest BCUT2D eigenvalue weighted by Gasteiger charge is -2.16. The molecule has 2 aromatic rings. The van der Waals surface area contributed by atoms with Gasteiger partial charge in [0, 0.05) is 13.6 Å². The van der Waals surface area contributed by atoms with Crippen molar-refractivity contribution in [1.82, 2.24) is 4.90 Å². The fourth-order valence-corrected chi connectivity index (χ4v) is 2.31. The van der Waals surface area contributed by atoms with Crippen molar-refractivity contribution < 1.29 is 9.21 Å². The van der Waals surface area contributed by atoms with Crippen LogP contribution in [0.4, 0.5) is 0 Å². The van der Waals surface area contributed by atoms with Crippen LogP contribution in [0.15, 0.2) is 52.5 Å². The zero-order chi connectivity index (χ0) is 16.1. The van der Waals surface area contributed by atoms with E-state index < -0.39 is 0 Å². The number of benzene rings is 1. The molecule has 2 rings (SSSR count). The Bertz CT molecular complexity index is 659. The third-order valence-electron chi connectivity index (χ3n) is 3.28. The fraction of sp³-hybridized carbons (Fsp3) is 0.278. The molecule has 0 bridgehead atoms. The summed E-state index contributed by atoms with van der Waals surface area (Å²) in [5.41, 5.74) is 2.22. The van der Waals surface area contributed by atoms with Crippen LogP contribution < -0.4 is 0 Å². The number of hydrogen-bond acceptors (Lipinski definition) is 2. The molecule has 0 saturated carbocycles. The van der Waals surface area contributed by atoms with Crippen molar-refractivity contribution in [3.05, 3.63) is 65.1 Å². The summed E-state index contributed by atoms with van der Waals surface area (Å²) >= 11 is 5.95. The van der Waals surface area contributed by atoms with Crippen LogP contribution in [0.3, 0.4) is 0 Å². The molecule has 0 saturated heterocycles. The van der Waals surface area contributed by atoms with E-state index in [1.165, 1.54) is 0 Å². The number of carbonyl (C=O) groups excluding carboxylic acids is 1. The van der Waals surface area contributed by atoms with Gasteiger partial charge in [-0.2, -0.15) is 0 Å². The summed E-state index contributed by atoms with van der Waals surface area (Å²) in [6.45, 7) is 4.36. The molecule has 3 nitrogen and oxygen atoms in total. The van der Waals surface area contributed by atoms with E-state index >= 15 is 0 Å². The molecule has 0 N–H and O–H groups in total. The zero-order valence-electron chi connectivity index (χ0n) is 13.0. The van der Waals surface area contributed by atoms with E-state index in [0.717, 1.165) is 11.1 Å². The van der Waals surface area contributed by atoms with Gasteiger partial charge in [0.25, 0.3) is 5.91 Å². The molecule has 0 fully saturated rings. The van der Waals surface area contributed by atoms with Crippen LogP contribution in [0.2, 0.25) is 0 Å². The lowest BCUT2D eigenvalue weighted by Crippen LogP contribution is -2.27. The molecule has 1 atom stereocenters. The van der Waals surface area contributed by atoms with Crippen LogP contribution in [0.5, 0.6) is 0 Å². The van der Waals surface area contributed by atoms with Crippen molar-refractivity contribution >= 4 is 23.6 Å². The molecule has 22 heavy (non-hydrogen) atoms. The highest BCUT2D eigenvalue weighted by Gasteiger charge is 2.17. The smallest absolute Gasteiger partial charge is 0.289 e. The average molecular weight is 318 g/mol. The predicted octanol–water partition coefficient (Wildman–Crippen LogP) is 4.75. The lowest BCUT2D eigenvalue weighted by atomic mass is 10.1. The molecular formula is C18H20ClNO2. The number of alkyl halides is 1. The zero-order valence-corrected chi connectivity index (χ0v) is 13.8. The number of carbonyl (C=O) groups is 1. The van der Waals surface area contributed by atoms with Gasteiger partial charge >= 0.3 is 0 Å². The Labute approximate surface area is 136 Å². The summed E-state index contributed by atoms with van der Waals surface area (Å²) in [7, 11) is 1.76. The van der Waals surface area contributed by atoms with Crippen LogP contribution in [-0.2, 0) is 0 Å². The molecular weight excluding hydrogens is 298 g/mol. The number of hydrogen-bond donors (Lipinski definition) is 0. The quantitative estimate of drug-likeness (QED) is 0.745. The second-order valence-electron chi connectivity index (χ2n) is 5.38. The standard InChI is InChI=1S/C18H20ClNO2/c1-13(11-15-7-5-4-6-8-15)12-20(3)18(21)17-10-9-16(22-17)14(2)19/h4-11,14H,12H2,1-3H3/b13-11+.